The second kappa shape index (κ2) is 11.2. The average molecular weight is 460 g/mol. The smallest absolute Gasteiger partial charge is 0.224 e. The highest BCUT2D eigenvalue weighted by Crippen LogP contribution is 2.27. The molecule has 3 aromatic carbocycles. The quantitative estimate of drug-likeness (QED) is 0.280. The Bertz CT molecular complexity index is 1200. The molecule has 1 N–H and O–H groups in total. The van der Waals surface area contributed by atoms with Crippen LogP contribution in [0.2, 0.25) is 5.02 Å². The van der Waals surface area contributed by atoms with Crippen molar-refractivity contribution in [2.75, 3.05) is 6.54 Å². The van der Waals surface area contributed by atoms with E-state index in [1.165, 1.54) is 11.1 Å². The van der Waals surface area contributed by atoms with Crippen molar-refractivity contribution in [1.29, 1.82) is 0 Å². The van der Waals surface area contributed by atoms with Crippen molar-refractivity contribution in [3.05, 3.63) is 101 Å². The van der Waals surface area contributed by atoms with E-state index in [-0.39, 0.29) is 11.9 Å². The average Bonchev–Trinajstić information content (AvgIpc) is 3.21. The monoisotopic (exact) mass is 459 g/mol. The number of nitrogens with one attached hydrogen (secondary N) is 1. The summed E-state index contributed by atoms with van der Waals surface area (Å²) in [5.74, 6) is 1.14. The lowest BCUT2D eigenvalue weighted by molar-refractivity contribution is -0.120. The number of aromatic nitrogens is 2. The van der Waals surface area contributed by atoms with Crippen LogP contribution in [0.5, 0.6) is 0 Å². The van der Waals surface area contributed by atoms with E-state index in [0.29, 0.717) is 18.0 Å². The number of carbonyl (C=O) groups excluding carboxylic acids is 1. The van der Waals surface area contributed by atoms with Crippen LogP contribution < -0.4 is 5.32 Å². The van der Waals surface area contributed by atoms with Crippen LogP contribution in [0, 0.1) is 0 Å². The molecule has 1 amide bonds. The van der Waals surface area contributed by atoms with Crippen LogP contribution in [-0.4, -0.2) is 22.0 Å². The highest BCUT2D eigenvalue weighted by Gasteiger charge is 2.16. The van der Waals surface area contributed by atoms with Gasteiger partial charge in [0, 0.05) is 18.0 Å². The van der Waals surface area contributed by atoms with Gasteiger partial charge in [0.1, 0.15) is 5.82 Å². The van der Waals surface area contributed by atoms with Gasteiger partial charge in [0.25, 0.3) is 0 Å². The van der Waals surface area contributed by atoms with Gasteiger partial charge in [0.2, 0.25) is 5.91 Å². The summed E-state index contributed by atoms with van der Waals surface area (Å²) in [4.78, 5) is 17.1. The van der Waals surface area contributed by atoms with E-state index in [1.807, 2.05) is 30.3 Å². The van der Waals surface area contributed by atoms with Crippen molar-refractivity contribution < 1.29 is 4.79 Å². The number of hydrogen-bond acceptors (Lipinski definition) is 2. The van der Waals surface area contributed by atoms with Crippen LogP contribution >= 0.6 is 11.6 Å². The van der Waals surface area contributed by atoms with Gasteiger partial charge in [-0.15, -0.1) is 0 Å². The molecular weight excluding hydrogens is 430 g/mol. The van der Waals surface area contributed by atoms with Crippen LogP contribution in [0.1, 0.15) is 49.2 Å². The molecule has 0 saturated heterocycles. The van der Waals surface area contributed by atoms with Gasteiger partial charge < -0.3 is 9.88 Å². The van der Waals surface area contributed by atoms with E-state index in [0.717, 1.165) is 42.6 Å². The van der Waals surface area contributed by atoms with Crippen LogP contribution in [0.15, 0.2) is 78.9 Å². The number of aryl methyl sites for hydroxylation is 1. The second-order valence-corrected chi connectivity index (χ2v) is 8.81. The van der Waals surface area contributed by atoms with Crippen molar-refractivity contribution in [2.24, 2.45) is 0 Å². The Morgan fingerprint density at radius 1 is 0.939 bits per heavy atom. The fraction of sp³-hybridized carbons (Fsp3) is 0.286. The van der Waals surface area contributed by atoms with Crippen molar-refractivity contribution >= 4 is 28.5 Å². The molecule has 5 heteroatoms. The number of amides is 1. The van der Waals surface area contributed by atoms with Gasteiger partial charge in [-0.2, -0.15) is 0 Å². The van der Waals surface area contributed by atoms with E-state index < -0.39 is 0 Å². The molecule has 0 saturated carbocycles. The molecule has 33 heavy (non-hydrogen) atoms. The topological polar surface area (TPSA) is 46.9 Å². The Labute approximate surface area is 200 Å². The molecule has 0 radical (unpaired) electrons. The largest absolute Gasteiger partial charge is 0.356 e. The molecule has 0 aliphatic rings. The fourth-order valence-corrected chi connectivity index (χ4v) is 4.48. The number of imidazole rings is 1. The zero-order valence-corrected chi connectivity index (χ0v) is 19.8. The van der Waals surface area contributed by atoms with Gasteiger partial charge in [-0.3, -0.25) is 4.79 Å². The summed E-state index contributed by atoms with van der Waals surface area (Å²) in [7, 11) is 0. The number of halogens is 1. The molecule has 0 aliphatic heterocycles. The fourth-order valence-electron chi connectivity index (χ4n) is 4.27. The van der Waals surface area contributed by atoms with E-state index in [2.05, 4.69) is 65.3 Å². The first-order valence-corrected chi connectivity index (χ1v) is 12.0. The molecule has 1 atom stereocenters. The lowest BCUT2D eigenvalue weighted by atomic mass is 10.1. The summed E-state index contributed by atoms with van der Waals surface area (Å²) >= 11 is 6.14. The van der Waals surface area contributed by atoms with Gasteiger partial charge >= 0.3 is 0 Å². The Morgan fingerprint density at radius 3 is 2.48 bits per heavy atom. The minimum absolute atomic E-state index is 0.0154. The molecule has 0 bridgehead atoms. The number of rotatable bonds is 10. The molecule has 4 rings (SSSR count). The molecule has 4 nitrogen and oxygen atoms in total. The van der Waals surface area contributed by atoms with Gasteiger partial charge in [-0.05, 0) is 49.1 Å². The number of unbranched alkanes of at least 4 members (excludes halogenated alkanes) is 2. The Morgan fingerprint density at radius 2 is 1.67 bits per heavy atom. The molecule has 0 aliphatic carbocycles. The molecule has 1 unspecified atom stereocenters. The Kier molecular flexibility index (Phi) is 7.79. The van der Waals surface area contributed by atoms with E-state index >= 15 is 0 Å². The van der Waals surface area contributed by atoms with Gasteiger partial charge in [-0.1, -0.05) is 78.7 Å². The summed E-state index contributed by atoms with van der Waals surface area (Å²) < 4.78 is 2.37. The SMILES string of the molecule is CC(c1ccccc1)n1c(CCCCCNC(=O)Cc2ccccc2Cl)nc2ccccc21. The standard InChI is InChI=1S/C28H30ClN3O/c1-21(22-12-4-2-5-13-22)32-26-17-10-9-16-25(26)31-27(32)18-6-3-11-19-30-28(33)20-23-14-7-8-15-24(23)29/h2,4-5,7-10,12-17,21H,3,6,11,18-20H2,1H3,(H,30,33). The maximum Gasteiger partial charge on any atom is 0.224 e. The zero-order chi connectivity index (χ0) is 23.0. The predicted molar refractivity (Wildman–Crippen MR) is 136 cm³/mol. The number of nitrogens with zero attached hydrogens (tertiary/aromatic N) is 2. The van der Waals surface area contributed by atoms with Crippen LogP contribution in [0.4, 0.5) is 0 Å². The lowest BCUT2D eigenvalue weighted by Gasteiger charge is -2.18. The summed E-state index contributed by atoms with van der Waals surface area (Å²) in [6, 6.07) is 26.6. The minimum Gasteiger partial charge on any atom is -0.356 e. The van der Waals surface area contributed by atoms with Gasteiger partial charge in [0.05, 0.1) is 23.5 Å². The molecule has 1 heterocycles. The van der Waals surface area contributed by atoms with Crippen molar-refractivity contribution in [3.8, 4) is 0 Å². The molecule has 0 spiro atoms. The first-order chi connectivity index (χ1) is 16.1. The molecule has 170 valence electrons. The number of fused-ring (bicyclic) bond motifs is 1. The van der Waals surface area contributed by atoms with E-state index in [9.17, 15) is 4.79 Å². The summed E-state index contributed by atoms with van der Waals surface area (Å²) in [5, 5.41) is 3.65. The maximum absolute atomic E-state index is 12.2. The van der Waals surface area contributed by atoms with Crippen LogP contribution in [0.25, 0.3) is 11.0 Å². The number of benzene rings is 3. The van der Waals surface area contributed by atoms with E-state index in [4.69, 9.17) is 16.6 Å². The molecule has 0 fully saturated rings. The maximum atomic E-state index is 12.2. The van der Waals surface area contributed by atoms with Gasteiger partial charge in [-0.25, -0.2) is 4.98 Å². The summed E-state index contributed by atoms with van der Waals surface area (Å²) in [6.07, 6.45) is 4.25. The van der Waals surface area contributed by atoms with Crippen molar-refractivity contribution in [2.45, 2.75) is 45.1 Å². The molecule has 1 aromatic heterocycles. The Hall–Kier alpha value is -3.11. The predicted octanol–water partition coefficient (Wildman–Crippen LogP) is 6.37. The number of carbonyl (C=O) groups is 1. The second-order valence-electron chi connectivity index (χ2n) is 8.40. The third-order valence-electron chi connectivity index (χ3n) is 6.05. The Balaban J connectivity index is 1.31. The van der Waals surface area contributed by atoms with Crippen molar-refractivity contribution in [1.82, 2.24) is 14.9 Å². The van der Waals surface area contributed by atoms with Gasteiger partial charge in [0.15, 0.2) is 0 Å². The first kappa shape index (κ1) is 23.1. The first-order valence-electron chi connectivity index (χ1n) is 11.6. The highest BCUT2D eigenvalue weighted by atomic mass is 35.5. The highest BCUT2D eigenvalue weighted by molar-refractivity contribution is 6.31. The number of para-hydroxylation sites is 2. The van der Waals surface area contributed by atoms with Crippen LogP contribution in [0.3, 0.4) is 0 Å². The zero-order valence-electron chi connectivity index (χ0n) is 19.0. The third kappa shape index (κ3) is 5.82. The normalized spacial score (nSPS) is 12.1. The van der Waals surface area contributed by atoms with E-state index in [1.54, 1.807) is 0 Å². The summed E-state index contributed by atoms with van der Waals surface area (Å²) in [6.45, 7) is 2.92. The third-order valence-corrected chi connectivity index (χ3v) is 6.42. The van der Waals surface area contributed by atoms with Crippen LogP contribution in [-0.2, 0) is 17.6 Å². The summed E-state index contributed by atoms with van der Waals surface area (Å²) in [5.41, 5.74) is 4.36. The molecular formula is C28H30ClN3O. The van der Waals surface area contributed by atoms with Crippen molar-refractivity contribution in [3.63, 3.8) is 0 Å². The lowest BCUT2D eigenvalue weighted by Crippen LogP contribution is -2.26. The minimum atomic E-state index is 0.0154. The molecule has 4 aromatic rings. The number of hydrogen-bond donors (Lipinski definition) is 1.